The van der Waals surface area contributed by atoms with Gasteiger partial charge in [-0.05, 0) is 68.1 Å². The van der Waals surface area contributed by atoms with E-state index >= 15 is 0 Å². The van der Waals surface area contributed by atoms with Gasteiger partial charge in [-0.15, -0.1) is 0 Å². The summed E-state index contributed by atoms with van der Waals surface area (Å²) in [4.78, 5) is 84.5. The van der Waals surface area contributed by atoms with Crippen LogP contribution in [0.4, 0.5) is 0 Å². The van der Waals surface area contributed by atoms with Crippen molar-refractivity contribution < 1.29 is 43.3 Å². The molecule has 0 radical (unpaired) electrons. The average molecular weight is 890 g/mol. The zero-order chi connectivity index (χ0) is 47.2. The Hall–Kier alpha value is -5.21. The Morgan fingerprint density at radius 1 is 0.906 bits per heavy atom. The zero-order valence-corrected chi connectivity index (χ0v) is 38.2. The highest BCUT2D eigenvalue weighted by Gasteiger charge is 2.37. The second-order valence-electron chi connectivity index (χ2n) is 16.8. The van der Waals surface area contributed by atoms with E-state index in [0.717, 1.165) is 32.1 Å². The van der Waals surface area contributed by atoms with Crippen molar-refractivity contribution in [3.63, 3.8) is 0 Å². The number of ketones is 3. The highest BCUT2D eigenvalue weighted by Crippen LogP contribution is 2.41. The molecule has 2 aromatic rings. The summed E-state index contributed by atoms with van der Waals surface area (Å²) in [6.07, 6.45) is 5.33. The Bertz CT molecular complexity index is 1920. The minimum absolute atomic E-state index is 0.0187. The number of Topliss-reactive ketones (excluding diaryl/α,β-unsaturated/α-hetero) is 3. The molecule has 0 saturated carbocycles. The van der Waals surface area contributed by atoms with Crippen molar-refractivity contribution in [3.8, 4) is 28.7 Å². The van der Waals surface area contributed by atoms with E-state index in [1.54, 1.807) is 43.3 Å². The van der Waals surface area contributed by atoms with E-state index in [9.17, 15) is 39.1 Å². The number of hydrogen-bond acceptors (Lipinski definition) is 13. The number of aliphatic hydroxyl groups is 1. The summed E-state index contributed by atoms with van der Waals surface area (Å²) in [5.41, 5.74) is 19.7. The molecule has 1 unspecified atom stereocenters. The third kappa shape index (κ3) is 16.1. The van der Waals surface area contributed by atoms with Crippen LogP contribution in [-0.4, -0.2) is 103 Å². The van der Waals surface area contributed by atoms with Crippen LogP contribution < -0.4 is 37.3 Å². The number of benzene rings is 2. The maximum atomic E-state index is 14.7. The third-order valence-electron chi connectivity index (χ3n) is 11.5. The Morgan fingerprint density at radius 2 is 1.53 bits per heavy atom. The van der Waals surface area contributed by atoms with Gasteiger partial charge in [0.1, 0.15) is 36.8 Å². The lowest BCUT2D eigenvalue weighted by Gasteiger charge is -2.32. The summed E-state index contributed by atoms with van der Waals surface area (Å²) in [5, 5.41) is 25.4. The number of rotatable bonds is 26. The van der Waals surface area contributed by atoms with Gasteiger partial charge in [0.2, 0.25) is 17.7 Å². The van der Waals surface area contributed by atoms with Crippen LogP contribution in [-0.2, 0) is 35.2 Å². The number of nitrogens with zero attached hydrogens (tertiary/aromatic N) is 2. The highest BCUT2D eigenvalue weighted by atomic mass is 16.5. The lowest BCUT2D eigenvalue weighted by Crippen LogP contribution is -2.49. The van der Waals surface area contributed by atoms with Gasteiger partial charge in [0.15, 0.2) is 17.3 Å². The number of fused-ring (bicyclic) bond motifs is 5. The number of nitriles is 1. The van der Waals surface area contributed by atoms with E-state index in [1.165, 1.54) is 25.3 Å². The average Bonchev–Trinajstić information content (AvgIpc) is 3.27. The Balaban J connectivity index is 2.09. The summed E-state index contributed by atoms with van der Waals surface area (Å²) >= 11 is 0. The smallest absolute Gasteiger partial charge is 0.226 e. The molecule has 0 fully saturated rings. The van der Waals surface area contributed by atoms with Crippen LogP contribution in [0, 0.1) is 23.2 Å². The zero-order valence-electron chi connectivity index (χ0n) is 38.2. The van der Waals surface area contributed by atoms with Crippen LogP contribution in [0.25, 0.3) is 11.1 Å². The number of nitrogens with two attached hydrogens (primary N) is 3. The molecule has 1 aliphatic heterocycles. The fraction of sp³-hybridized carbons (Fsp3) is 0.604. The summed E-state index contributed by atoms with van der Waals surface area (Å²) in [6, 6.07) is 8.72. The van der Waals surface area contributed by atoms with Gasteiger partial charge in [0.05, 0.1) is 18.2 Å². The molecule has 4 bridgehead atoms. The van der Waals surface area contributed by atoms with Gasteiger partial charge in [0, 0.05) is 75.2 Å². The first-order chi connectivity index (χ1) is 30.7. The first-order valence-electron chi connectivity index (χ1n) is 22.8. The number of likely N-dealkylation sites (N-methyl/N-ethyl adjacent to an activating group) is 1. The first-order valence-corrected chi connectivity index (χ1v) is 22.8. The number of carbonyl (C=O) groups is 6. The van der Waals surface area contributed by atoms with Crippen molar-refractivity contribution >= 4 is 35.1 Å². The van der Waals surface area contributed by atoms with Crippen molar-refractivity contribution in [1.29, 1.82) is 5.26 Å². The molecule has 6 atom stereocenters. The molecule has 352 valence electrons. The number of ether oxygens (including phenoxy) is 2. The van der Waals surface area contributed by atoms with Crippen LogP contribution >= 0.6 is 0 Å². The monoisotopic (exact) mass is 890 g/mol. The van der Waals surface area contributed by atoms with Crippen LogP contribution in [0.5, 0.6) is 11.5 Å². The maximum absolute atomic E-state index is 14.7. The van der Waals surface area contributed by atoms with Crippen molar-refractivity contribution in [2.24, 2.45) is 29.0 Å². The summed E-state index contributed by atoms with van der Waals surface area (Å²) < 4.78 is 12.2. The van der Waals surface area contributed by atoms with E-state index in [1.807, 2.05) is 6.07 Å². The molecule has 16 heteroatoms. The van der Waals surface area contributed by atoms with E-state index in [0.29, 0.717) is 40.2 Å². The standard InChI is InChI=1S/C48H71N7O9/c1-5-6-7-8-9-10-11-14-44(60)54-45(32(3)56)40(58)30-35(19-21-50)48(62)55(4)46-34-16-18-43(64-25-23-52)37(29-34)36-27-33(15-17-42(36)63-24-22-51)28-38(39(57)13-12-20-49)53-47(61)31(2)26-41(46)59/h15-18,27,29,31-32,35,38,45-46,56H,5-14,19,21-26,28,30,50-52H2,1-4H3,(H,53,61)(H,54,60)/t31-,32?,35-,38+,45-,46+/m1/s1. The molecule has 0 spiro atoms. The SMILES string of the molecule is CCCCCCCCCC(=O)N[C@@H](C(=O)C[C@@H](CCN)C(=O)N(C)[C@@H]1C(=O)C[C@@H](C)C(=O)N[C@H](C(=O)CCC#N)Cc2ccc(OCCN)c(c2)-c2cc1ccc2OCCN)C(C)O. The van der Waals surface area contributed by atoms with Gasteiger partial charge in [-0.3, -0.25) is 28.8 Å². The van der Waals surface area contributed by atoms with Crippen molar-refractivity contribution in [2.45, 2.75) is 135 Å². The van der Waals surface area contributed by atoms with E-state index in [-0.39, 0.29) is 89.5 Å². The maximum Gasteiger partial charge on any atom is 0.226 e. The number of aliphatic hydroxyl groups excluding tert-OH is 1. The normalized spacial score (nSPS) is 17.8. The van der Waals surface area contributed by atoms with E-state index < -0.39 is 59.4 Å². The fourth-order valence-electron chi connectivity index (χ4n) is 7.97. The predicted octanol–water partition coefficient (Wildman–Crippen LogP) is 3.97. The molecule has 3 amide bonds. The van der Waals surface area contributed by atoms with Crippen LogP contribution in [0.3, 0.4) is 0 Å². The molecule has 3 rings (SSSR count). The Labute approximate surface area is 378 Å². The van der Waals surface area contributed by atoms with Crippen LogP contribution in [0.1, 0.15) is 121 Å². The van der Waals surface area contributed by atoms with Crippen LogP contribution in [0.15, 0.2) is 36.4 Å². The molecule has 1 heterocycles. The lowest BCUT2D eigenvalue weighted by atomic mass is 9.88. The molecule has 0 aliphatic carbocycles. The lowest BCUT2D eigenvalue weighted by molar-refractivity contribution is -0.144. The number of amides is 3. The number of hydrogen-bond donors (Lipinski definition) is 6. The molecule has 9 N–H and O–H groups in total. The molecule has 64 heavy (non-hydrogen) atoms. The minimum Gasteiger partial charge on any atom is -0.492 e. The topological polar surface area (TPSA) is 270 Å². The van der Waals surface area contributed by atoms with Gasteiger partial charge < -0.3 is 47.3 Å². The van der Waals surface area contributed by atoms with Crippen molar-refractivity contribution in [2.75, 3.05) is 39.9 Å². The minimum atomic E-state index is -1.29. The van der Waals surface area contributed by atoms with Gasteiger partial charge in [-0.1, -0.05) is 64.5 Å². The van der Waals surface area contributed by atoms with Gasteiger partial charge >= 0.3 is 0 Å². The van der Waals surface area contributed by atoms with Gasteiger partial charge in [-0.25, -0.2) is 0 Å². The Morgan fingerprint density at radius 3 is 2.14 bits per heavy atom. The summed E-state index contributed by atoms with van der Waals surface area (Å²) in [6.45, 7) is 5.83. The number of nitrogens with one attached hydrogen (secondary N) is 2. The molecule has 1 aliphatic rings. The van der Waals surface area contributed by atoms with Gasteiger partial charge in [-0.2, -0.15) is 5.26 Å². The third-order valence-corrected chi connectivity index (χ3v) is 11.5. The quantitative estimate of drug-likeness (QED) is 0.0731. The molecular weight excluding hydrogens is 819 g/mol. The molecule has 0 saturated heterocycles. The van der Waals surface area contributed by atoms with Crippen molar-refractivity contribution in [3.05, 3.63) is 47.5 Å². The molecule has 2 aromatic carbocycles. The van der Waals surface area contributed by atoms with Crippen molar-refractivity contribution in [1.82, 2.24) is 15.5 Å². The van der Waals surface area contributed by atoms with Gasteiger partial charge in [0.25, 0.3) is 0 Å². The molecule has 16 nitrogen and oxygen atoms in total. The van der Waals surface area contributed by atoms with Crippen LogP contribution in [0.2, 0.25) is 0 Å². The Kier molecular flexibility index (Phi) is 23.1. The molecular formula is C48H71N7O9. The number of unbranched alkanes of at least 4 members (excludes halogenated alkanes) is 6. The predicted molar refractivity (Wildman–Crippen MR) is 244 cm³/mol. The summed E-state index contributed by atoms with van der Waals surface area (Å²) in [7, 11) is 1.45. The first kappa shape index (κ1) is 53.1. The second kappa shape index (κ2) is 27.9. The molecule has 0 aromatic heterocycles. The summed E-state index contributed by atoms with van der Waals surface area (Å²) in [5.74, 6) is -4.11. The second-order valence-corrected chi connectivity index (χ2v) is 16.8. The number of carbonyl (C=O) groups excluding carboxylic acids is 6. The van der Waals surface area contributed by atoms with E-state index in [4.69, 9.17) is 26.7 Å². The largest absolute Gasteiger partial charge is 0.492 e. The van der Waals surface area contributed by atoms with E-state index in [2.05, 4.69) is 17.6 Å². The fourth-order valence-corrected chi connectivity index (χ4v) is 7.97. The highest BCUT2D eigenvalue weighted by molar-refractivity contribution is 5.97.